The molecule has 3 heterocycles. The summed E-state index contributed by atoms with van der Waals surface area (Å²) in [6.45, 7) is 3.56. The van der Waals surface area contributed by atoms with Gasteiger partial charge in [-0.05, 0) is 35.4 Å². The lowest BCUT2D eigenvalue weighted by atomic mass is 9.97. The van der Waals surface area contributed by atoms with Crippen LogP contribution >= 0.6 is 11.3 Å². The minimum Gasteiger partial charge on any atom is -0.387 e. The van der Waals surface area contributed by atoms with Gasteiger partial charge in [-0.3, -0.25) is 9.69 Å². The molecule has 126 valence electrons. The lowest BCUT2D eigenvalue weighted by molar-refractivity contribution is 0.00810. The van der Waals surface area contributed by atoms with E-state index in [-0.39, 0.29) is 5.91 Å². The van der Waals surface area contributed by atoms with E-state index in [4.69, 9.17) is 0 Å². The Morgan fingerprint density at radius 1 is 1.17 bits per heavy atom. The van der Waals surface area contributed by atoms with Crippen LogP contribution in [0.25, 0.3) is 0 Å². The third kappa shape index (κ3) is 3.11. The number of carbonyl (C=O) groups excluding carboxylic acids is 1. The molecule has 1 saturated heterocycles. The fraction of sp³-hybridized carbons (Fsp3) is 0.421. The Morgan fingerprint density at radius 2 is 2.00 bits per heavy atom. The molecule has 1 atom stereocenters. The molecule has 2 aliphatic heterocycles. The van der Waals surface area contributed by atoms with Gasteiger partial charge in [0.15, 0.2) is 0 Å². The molecule has 1 N–H and O–H groups in total. The Kier molecular flexibility index (Phi) is 4.16. The smallest absolute Gasteiger partial charge is 0.264 e. The summed E-state index contributed by atoms with van der Waals surface area (Å²) in [6, 6.07) is 12.3. The second-order valence-electron chi connectivity index (χ2n) is 6.91. The van der Waals surface area contributed by atoms with Crippen LogP contribution in [0.3, 0.4) is 0 Å². The van der Waals surface area contributed by atoms with E-state index in [1.807, 2.05) is 17.5 Å². The largest absolute Gasteiger partial charge is 0.387 e. The van der Waals surface area contributed by atoms with E-state index in [9.17, 15) is 9.90 Å². The maximum Gasteiger partial charge on any atom is 0.264 e. The van der Waals surface area contributed by atoms with Crippen LogP contribution in [-0.2, 0) is 13.0 Å². The van der Waals surface area contributed by atoms with Crippen molar-refractivity contribution >= 4 is 17.2 Å². The van der Waals surface area contributed by atoms with Gasteiger partial charge in [-0.1, -0.05) is 30.3 Å². The van der Waals surface area contributed by atoms with E-state index in [0.29, 0.717) is 26.1 Å². The van der Waals surface area contributed by atoms with Crippen molar-refractivity contribution in [2.75, 3.05) is 26.2 Å². The normalized spacial score (nSPS) is 24.1. The van der Waals surface area contributed by atoms with Crippen molar-refractivity contribution in [2.24, 2.45) is 0 Å². The highest BCUT2D eigenvalue weighted by atomic mass is 32.1. The molecule has 24 heavy (non-hydrogen) atoms. The predicted octanol–water partition coefficient (Wildman–Crippen LogP) is 2.38. The number of aliphatic hydroxyl groups is 1. The first-order valence-electron chi connectivity index (χ1n) is 8.47. The summed E-state index contributed by atoms with van der Waals surface area (Å²) in [5.74, 6) is 0.0462. The number of hydrogen-bond donors (Lipinski definition) is 1. The van der Waals surface area contributed by atoms with Crippen molar-refractivity contribution in [1.29, 1.82) is 0 Å². The molecule has 1 aromatic carbocycles. The number of benzene rings is 1. The Bertz CT molecular complexity index is 731. The van der Waals surface area contributed by atoms with Crippen LogP contribution < -0.4 is 0 Å². The van der Waals surface area contributed by atoms with Gasteiger partial charge in [0.1, 0.15) is 0 Å². The zero-order valence-electron chi connectivity index (χ0n) is 13.6. The van der Waals surface area contributed by atoms with Gasteiger partial charge in [-0.2, -0.15) is 0 Å². The Labute approximate surface area is 146 Å². The summed E-state index contributed by atoms with van der Waals surface area (Å²) in [5.41, 5.74) is 1.98. The summed E-state index contributed by atoms with van der Waals surface area (Å²) in [5, 5.41) is 12.9. The first-order chi connectivity index (χ1) is 11.6. The van der Waals surface area contributed by atoms with Crippen LogP contribution in [0.15, 0.2) is 41.8 Å². The quantitative estimate of drug-likeness (QED) is 0.931. The zero-order chi connectivity index (χ0) is 16.6. The summed E-state index contributed by atoms with van der Waals surface area (Å²) in [6.07, 6.45) is 1.69. The Balaban J connectivity index is 1.40. The number of hydrogen-bond acceptors (Lipinski definition) is 4. The van der Waals surface area contributed by atoms with Crippen molar-refractivity contribution in [3.05, 3.63) is 57.8 Å². The van der Waals surface area contributed by atoms with Gasteiger partial charge in [0, 0.05) is 26.2 Å². The summed E-state index contributed by atoms with van der Waals surface area (Å²) in [4.78, 5) is 17.3. The van der Waals surface area contributed by atoms with Crippen LogP contribution in [0.5, 0.6) is 0 Å². The molecule has 0 radical (unpaired) electrons. The van der Waals surface area contributed by atoms with Gasteiger partial charge in [0.2, 0.25) is 0 Å². The lowest BCUT2D eigenvalue weighted by Crippen LogP contribution is -2.47. The van der Waals surface area contributed by atoms with E-state index >= 15 is 0 Å². The molecule has 2 aliphatic rings. The summed E-state index contributed by atoms with van der Waals surface area (Å²) < 4.78 is 0. The van der Waals surface area contributed by atoms with Crippen molar-refractivity contribution in [3.63, 3.8) is 0 Å². The fourth-order valence-corrected chi connectivity index (χ4v) is 4.51. The van der Waals surface area contributed by atoms with E-state index in [0.717, 1.165) is 24.4 Å². The Morgan fingerprint density at radius 3 is 2.79 bits per heavy atom. The van der Waals surface area contributed by atoms with Crippen LogP contribution in [0, 0.1) is 0 Å². The highest BCUT2D eigenvalue weighted by Gasteiger charge is 2.40. The first-order valence-corrected chi connectivity index (χ1v) is 9.35. The third-order valence-corrected chi connectivity index (χ3v) is 5.94. The molecule has 5 heteroatoms. The highest BCUT2D eigenvalue weighted by Crippen LogP contribution is 2.27. The number of thiophene rings is 1. The lowest BCUT2D eigenvalue weighted by Gasteiger charge is -2.34. The van der Waals surface area contributed by atoms with Gasteiger partial charge in [-0.15, -0.1) is 11.3 Å². The highest BCUT2D eigenvalue weighted by molar-refractivity contribution is 7.12. The van der Waals surface area contributed by atoms with E-state index in [1.165, 1.54) is 22.5 Å². The molecule has 0 bridgehead atoms. The number of likely N-dealkylation sites (tertiary alicyclic amines) is 1. The molecule has 1 aromatic heterocycles. The number of rotatable bonds is 3. The molecule has 1 fully saturated rings. The van der Waals surface area contributed by atoms with Crippen LogP contribution in [-0.4, -0.2) is 52.6 Å². The molecule has 4 rings (SSSR count). The van der Waals surface area contributed by atoms with Crippen molar-refractivity contribution in [1.82, 2.24) is 9.80 Å². The maximum absolute atomic E-state index is 12.5. The van der Waals surface area contributed by atoms with E-state index < -0.39 is 5.60 Å². The molecule has 0 spiro atoms. The Hall–Kier alpha value is -1.69. The van der Waals surface area contributed by atoms with E-state index in [2.05, 4.69) is 29.2 Å². The summed E-state index contributed by atoms with van der Waals surface area (Å²) in [7, 11) is 0. The second kappa shape index (κ2) is 6.31. The van der Waals surface area contributed by atoms with Crippen LogP contribution in [0.1, 0.15) is 27.2 Å². The molecular weight excluding hydrogens is 320 g/mol. The number of amides is 1. The molecule has 0 saturated carbocycles. The van der Waals surface area contributed by atoms with Crippen molar-refractivity contribution < 1.29 is 9.90 Å². The molecule has 4 nitrogen and oxygen atoms in total. The fourth-order valence-electron chi connectivity index (χ4n) is 3.82. The standard InChI is InChI=1S/C19H22N2O2S/c22-18(17-6-3-11-24-17)21-10-8-19(23,14-21)13-20-9-7-15-4-1-2-5-16(15)12-20/h1-6,11,23H,7-10,12-14H2/t19-/m1/s1. The van der Waals surface area contributed by atoms with Gasteiger partial charge >= 0.3 is 0 Å². The summed E-state index contributed by atoms with van der Waals surface area (Å²) >= 11 is 1.46. The van der Waals surface area contributed by atoms with Gasteiger partial charge in [0.05, 0.1) is 17.0 Å². The SMILES string of the molecule is O=C(c1cccs1)N1CC[C@@](O)(CN2CCc3ccccc3C2)C1. The van der Waals surface area contributed by atoms with Crippen molar-refractivity contribution in [2.45, 2.75) is 25.0 Å². The molecule has 0 unspecified atom stereocenters. The number of nitrogens with zero attached hydrogens (tertiary/aromatic N) is 2. The van der Waals surface area contributed by atoms with E-state index in [1.54, 1.807) is 4.90 Å². The van der Waals surface area contributed by atoms with Crippen molar-refractivity contribution in [3.8, 4) is 0 Å². The first kappa shape index (κ1) is 15.8. The minimum atomic E-state index is -0.792. The minimum absolute atomic E-state index is 0.0462. The second-order valence-corrected chi connectivity index (χ2v) is 7.86. The molecule has 1 amide bonds. The number of β-amino-alcohol motifs (C(OH)–C–C–N with tert-alkyl or cyclic N) is 1. The third-order valence-electron chi connectivity index (χ3n) is 5.08. The average molecular weight is 342 g/mol. The monoisotopic (exact) mass is 342 g/mol. The van der Waals surface area contributed by atoms with Crippen LogP contribution in [0.2, 0.25) is 0 Å². The van der Waals surface area contributed by atoms with Gasteiger partial charge < -0.3 is 10.0 Å². The maximum atomic E-state index is 12.5. The predicted molar refractivity (Wildman–Crippen MR) is 95.2 cm³/mol. The molecule has 2 aromatic rings. The number of fused-ring (bicyclic) bond motifs is 1. The molecular formula is C19H22N2O2S. The molecule has 0 aliphatic carbocycles. The average Bonchev–Trinajstić information content (AvgIpc) is 3.24. The van der Waals surface area contributed by atoms with Crippen LogP contribution in [0.4, 0.5) is 0 Å². The van der Waals surface area contributed by atoms with Gasteiger partial charge in [-0.25, -0.2) is 0 Å². The topological polar surface area (TPSA) is 43.8 Å². The van der Waals surface area contributed by atoms with Gasteiger partial charge in [0.25, 0.3) is 5.91 Å². The number of carbonyl (C=O) groups is 1. The zero-order valence-corrected chi connectivity index (χ0v) is 14.5.